The Balaban J connectivity index is 1.56. The summed E-state index contributed by atoms with van der Waals surface area (Å²) in [6.07, 6.45) is -2.76. The fourth-order valence-corrected chi connectivity index (χ4v) is 5.50. The van der Waals surface area contributed by atoms with Crippen LogP contribution in [0.3, 0.4) is 0 Å². The zero-order valence-corrected chi connectivity index (χ0v) is 18.7. The molecule has 0 aromatic heterocycles. The van der Waals surface area contributed by atoms with Crippen LogP contribution in [0.5, 0.6) is 0 Å². The minimum Gasteiger partial charge on any atom is -0.374 e. The summed E-state index contributed by atoms with van der Waals surface area (Å²) in [7, 11) is -3.92. The molecule has 2 aliphatic heterocycles. The lowest BCUT2D eigenvalue weighted by molar-refractivity contribution is -0.215. The maximum absolute atomic E-state index is 13.1. The molecule has 2 aromatic carbocycles. The summed E-state index contributed by atoms with van der Waals surface area (Å²) in [6, 6.07) is 20.4. The number of rotatable bonds is 8. The van der Waals surface area contributed by atoms with E-state index in [9.17, 15) is 13.7 Å². The second kappa shape index (κ2) is 8.90. The lowest BCUT2D eigenvalue weighted by Crippen LogP contribution is -2.61. The van der Waals surface area contributed by atoms with Crippen LogP contribution in [-0.4, -0.2) is 44.8 Å². The molecule has 0 spiro atoms. The molecule has 2 saturated heterocycles. The Labute approximate surface area is 188 Å². The first-order valence-corrected chi connectivity index (χ1v) is 12.0. The fourth-order valence-electron chi connectivity index (χ4n) is 3.99. The van der Waals surface area contributed by atoms with Crippen LogP contribution in [0.2, 0.25) is 0 Å². The first kappa shape index (κ1) is 22.9. The number of hydrogen-bond donors (Lipinski definition) is 1. The van der Waals surface area contributed by atoms with Crippen molar-refractivity contribution >= 4 is 10.0 Å². The van der Waals surface area contributed by atoms with Gasteiger partial charge in [0.1, 0.15) is 12.2 Å². The van der Waals surface area contributed by atoms with Crippen molar-refractivity contribution in [1.82, 2.24) is 4.72 Å². The number of nitrogens with zero attached hydrogens (tertiary/aromatic N) is 1. The van der Waals surface area contributed by atoms with Gasteiger partial charge in [0.05, 0.1) is 25.0 Å². The molecule has 0 aliphatic carbocycles. The summed E-state index contributed by atoms with van der Waals surface area (Å²) in [6.45, 7) is 3.66. The van der Waals surface area contributed by atoms with Crippen LogP contribution < -0.4 is 4.72 Å². The molecule has 0 amide bonds. The molecule has 0 saturated carbocycles. The minimum absolute atomic E-state index is 0.0174. The van der Waals surface area contributed by atoms with Crippen LogP contribution in [0.25, 0.3) is 0 Å². The summed E-state index contributed by atoms with van der Waals surface area (Å²) >= 11 is 0. The molecule has 1 N–H and O–H groups in total. The molecule has 2 aromatic rings. The van der Waals surface area contributed by atoms with Crippen LogP contribution in [-0.2, 0) is 41.3 Å². The second-order valence-corrected chi connectivity index (χ2v) is 10.1. The number of ether oxygens (including phenoxy) is 4. The summed E-state index contributed by atoms with van der Waals surface area (Å²) in [5.74, 6) is -1.30. The van der Waals surface area contributed by atoms with Crippen LogP contribution in [0.1, 0.15) is 25.0 Å². The van der Waals surface area contributed by atoms with Crippen molar-refractivity contribution < 1.29 is 27.4 Å². The molecule has 4 rings (SSSR count). The summed E-state index contributed by atoms with van der Waals surface area (Å²) < 4.78 is 52.1. The first-order valence-electron chi connectivity index (χ1n) is 10.3. The molecule has 8 nitrogen and oxygen atoms in total. The van der Waals surface area contributed by atoms with E-state index in [1.54, 1.807) is 38.1 Å². The van der Waals surface area contributed by atoms with Gasteiger partial charge >= 0.3 is 0 Å². The highest BCUT2D eigenvalue weighted by atomic mass is 32.2. The molecule has 0 bridgehead atoms. The largest absolute Gasteiger partial charge is 0.374 e. The molecular formula is C23H26N2O6S. The van der Waals surface area contributed by atoms with Gasteiger partial charge in [-0.1, -0.05) is 60.7 Å². The van der Waals surface area contributed by atoms with Gasteiger partial charge in [-0.15, -0.1) is 0 Å². The third-order valence-corrected chi connectivity index (χ3v) is 6.76. The van der Waals surface area contributed by atoms with E-state index in [2.05, 4.69) is 10.8 Å². The molecular weight excluding hydrogens is 432 g/mol. The monoisotopic (exact) mass is 458 g/mol. The van der Waals surface area contributed by atoms with E-state index in [0.29, 0.717) is 12.2 Å². The van der Waals surface area contributed by atoms with Gasteiger partial charge in [-0.25, -0.2) is 8.42 Å². The Morgan fingerprint density at radius 3 is 2.28 bits per heavy atom. The van der Waals surface area contributed by atoms with Crippen molar-refractivity contribution in [1.29, 1.82) is 5.26 Å². The smallest absolute Gasteiger partial charge is 0.217 e. The molecule has 0 unspecified atom stereocenters. The first-order chi connectivity index (χ1) is 15.2. The number of nitrogens with one attached hydrogen (secondary N) is 1. The van der Waals surface area contributed by atoms with Gasteiger partial charge in [0.25, 0.3) is 0 Å². The summed E-state index contributed by atoms with van der Waals surface area (Å²) in [5, 5.41) is 10.2. The zero-order valence-electron chi connectivity index (χ0n) is 17.9. The zero-order chi connectivity index (χ0) is 22.8. The normalized spacial score (nSPS) is 28.8. The molecule has 2 heterocycles. The Bertz CT molecular complexity index is 1070. The summed E-state index contributed by atoms with van der Waals surface area (Å²) in [4.78, 5) is 0. The van der Waals surface area contributed by atoms with Gasteiger partial charge < -0.3 is 18.9 Å². The van der Waals surface area contributed by atoms with Crippen LogP contribution in [0, 0.1) is 11.3 Å². The second-order valence-electron chi connectivity index (χ2n) is 8.38. The average molecular weight is 459 g/mol. The van der Waals surface area contributed by atoms with E-state index in [1.165, 1.54) is 0 Å². The van der Waals surface area contributed by atoms with Gasteiger partial charge in [-0.3, -0.25) is 0 Å². The van der Waals surface area contributed by atoms with E-state index in [4.69, 9.17) is 18.9 Å². The Hall–Kier alpha value is -2.32. The van der Waals surface area contributed by atoms with Crippen LogP contribution in [0.4, 0.5) is 0 Å². The predicted octanol–water partition coefficient (Wildman–Crippen LogP) is 2.46. The van der Waals surface area contributed by atoms with E-state index in [0.717, 1.165) is 5.56 Å². The van der Waals surface area contributed by atoms with Gasteiger partial charge in [-0.2, -0.15) is 9.98 Å². The minimum atomic E-state index is -3.92. The molecule has 32 heavy (non-hydrogen) atoms. The van der Waals surface area contributed by atoms with Crippen molar-refractivity contribution in [3.05, 3.63) is 71.8 Å². The number of sulfonamides is 1. The maximum Gasteiger partial charge on any atom is 0.217 e. The lowest BCUT2D eigenvalue weighted by atomic mass is 9.91. The Kier molecular flexibility index (Phi) is 6.36. The van der Waals surface area contributed by atoms with Crippen LogP contribution in [0.15, 0.2) is 60.7 Å². The van der Waals surface area contributed by atoms with Crippen molar-refractivity contribution in [2.75, 3.05) is 6.61 Å². The highest BCUT2D eigenvalue weighted by Crippen LogP contribution is 2.43. The summed E-state index contributed by atoms with van der Waals surface area (Å²) in [5.41, 5.74) is -0.154. The molecule has 9 heteroatoms. The third kappa shape index (κ3) is 4.86. The molecule has 170 valence electrons. The number of nitriles is 1. The van der Waals surface area contributed by atoms with Gasteiger partial charge in [-0.05, 0) is 25.0 Å². The highest BCUT2D eigenvalue weighted by Gasteiger charge is 2.65. The van der Waals surface area contributed by atoms with Gasteiger partial charge in [0.15, 0.2) is 17.6 Å². The van der Waals surface area contributed by atoms with E-state index >= 15 is 0 Å². The number of benzene rings is 2. The quantitative estimate of drug-likeness (QED) is 0.648. The van der Waals surface area contributed by atoms with E-state index < -0.39 is 39.8 Å². The maximum atomic E-state index is 13.1. The Morgan fingerprint density at radius 2 is 1.66 bits per heavy atom. The third-order valence-electron chi connectivity index (χ3n) is 5.40. The Morgan fingerprint density at radius 1 is 1.03 bits per heavy atom. The molecule has 2 fully saturated rings. The fraction of sp³-hybridized carbons (Fsp3) is 0.435. The van der Waals surface area contributed by atoms with Crippen molar-refractivity contribution in [3.8, 4) is 6.07 Å². The standard InChI is InChI=1S/C23H26N2O6S/c1-22(2)30-20-21(31-22)29-19(14-28-13-17-9-5-3-6-10-17)23(20,16-24)25-32(26,27)15-18-11-7-4-8-12-18/h3-12,19-21,25H,13-15H2,1-2H3/t19-,20+,21-,23-/m1/s1. The average Bonchev–Trinajstić information content (AvgIpc) is 3.19. The SMILES string of the molecule is CC1(C)O[C@H]2O[C@H](COCc3ccccc3)[C@@](C#N)(NS(=O)(=O)Cc3ccccc3)[C@H]2O1. The number of fused-ring (bicyclic) bond motifs is 1. The highest BCUT2D eigenvalue weighted by molar-refractivity contribution is 7.88. The van der Waals surface area contributed by atoms with Gasteiger partial charge in [0, 0.05) is 0 Å². The van der Waals surface area contributed by atoms with Gasteiger partial charge in [0.2, 0.25) is 10.0 Å². The van der Waals surface area contributed by atoms with Crippen LogP contribution >= 0.6 is 0 Å². The van der Waals surface area contributed by atoms with Crippen molar-refractivity contribution in [2.24, 2.45) is 0 Å². The molecule has 2 aliphatic rings. The van der Waals surface area contributed by atoms with Crippen molar-refractivity contribution in [2.45, 2.75) is 56.0 Å². The van der Waals surface area contributed by atoms with Crippen molar-refractivity contribution in [3.63, 3.8) is 0 Å². The molecule has 0 radical (unpaired) electrons. The van der Waals surface area contributed by atoms with E-state index in [-0.39, 0.29) is 12.4 Å². The molecule has 4 atom stereocenters. The van der Waals surface area contributed by atoms with E-state index in [1.807, 2.05) is 36.4 Å². The number of hydrogen-bond acceptors (Lipinski definition) is 7. The lowest BCUT2D eigenvalue weighted by Gasteiger charge is -2.32. The predicted molar refractivity (Wildman–Crippen MR) is 115 cm³/mol. The topological polar surface area (TPSA) is 107 Å².